The van der Waals surface area contributed by atoms with Crippen LogP contribution in [0.4, 0.5) is 5.69 Å². The van der Waals surface area contributed by atoms with Crippen molar-refractivity contribution < 1.29 is 22.7 Å². The highest BCUT2D eigenvalue weighted by molar-refractivity contribution is 7.92. The molecule has 0 aliphatic heterocycles. The summed E-state index contributed by atoms with van der Waals surface area (Å²) in [7, 11) is 0.623. The minimum absolute atomic E-state index is 0.0838. The van der Waals surface area contributed by atoms with Crippen LogP contribution in [-0.2, 0) is 10.0 Å². The fraction of sp³-hybridized carbons (Fsp3) is 0.235. The molecule has 0 unspecified atom stereocenters. The van der Waals surface area contributed by atoms with Crippen LogP contribution in [0.25, 0.3) is 0 Å². The van der Waals surface area contributed by atoms with E-state index in [0.29, 0.717) is 28.3 Å². The summed E-state index contributed by atoms with van der Waals surface area (Å²) in [4.78, 5) is 11.6. The number of sulfonamides is 1. The quantitative estimate of drug-likeness (QED) is 0.819. The highest BCUT2D eigenvalue weighted by Crippen LogP contribution is 2.33. The number of amides is 1. The fourth-order valence-electron chi connectivity index (χ4n) is 2.30. The van der Waals surface area contributed by atoms with Gasteiger partial charge in [0.2, 0.25) is 0 Å². The van der Waals surface area contributed by atoms with E-state index in [-0.39, 0.29) is 10.8 Å². The van der Waals surface area contributed by atoms with Gasteiger partial charge in [-0.2, -0.15) is 0 Å². The number of ether oxygens (including phenoxy) is 2. The monoisotopic (exact) mass is 364 g/mol. The van der Waals surface area contributed by atoms with Crippen LogP contribution in [0, 0.1) is 6.92 Å². The van der Waals surface area contributed by atoms with E-state index in [1.54, 1.807) is 13.0 Å². The lowest BCUT2D eigenvalue weighted by molar-refractivity contribution is 0.0963. The number of carbonyl (C=O) groups is 1. The first-order valence-electron chi connectivity index (χ1n) is 7.40. The molecule has 134 valence electrons. The Morgan fingerprint density at radius 1 is 1.00 bits per heavy atom. The lowest BCUT2D eigenvalue weighted by Gasteiger charge is -2.14. The number of anilines is 1. The Morgan fingerprint density at radius 3 is 2.08 bits per heavy atom. The molecule has 2 N–H and O–H groups in total. The van der Waals surface area contributed by atoms with E-state index in [4.69, 9.17) is 9.47 Å². The van der Waals surface area contributed by atoms with Gasteiger partial charge >= 0.3 is 0 Å². The number of hydrogen-bond acceptors (Lipinski definition) is 5. The predicted molar refractivity (Wildman–Crippen MR) is 94.9 cm³/mol. The fourth-order valence-corrected chi connectivity index (χ4v) is 3.60. The Morgan fingerprint density at radius 2 is 1.56 bits per heavy atom. The number of methoxy groups -OCH3 is 2. The highest BCUT2D eigenvalue weighted by atomic mass is 32.2. The van der Waals surface area contributed by atoms with Crippen LogP contribution in [-0.4, -0.2) is 35.6 Å². The minimum atomic E-state index is -3.83. The van der Waals surface area contributed by atoms with Gasteiger partial charge in [-0.1, -0.05) is 0 Å². The van der Waals surface area contributed by atoms with Gasteiger partial charge in [-0.05, 0) is 42.8 Å². The van der Waals surface area contributed by atoms with Crippen molar-refractivity contribution in [2.75, 3.05) is 26.0 Å². The highest BCUT2D eigenvalue weighted by Gasteiger charge is 2.20. The molecule has 0 saturated heterocycles. The Hall–Kier alpha value is -2.74. The van der Waals surface area contributed by atoms with Crippen molar-refractivity contribution in [1.29, 1.82) is 0 Å². The van der Waals surface area contributed by atoms with E-state index in [9.17, 15) is 13.2 Å². The van der Waals surface area contributed by atoms with E-state index in [1.807, 2.05) is 0 Å². The van der Waals surface area contributed by atoms with E-state index < -0.39 is 10.0 Å². The van der Waals surface area contributed by atoms with Gasteiger partial charge in [0.1, 0.15) is 0 Å². The molecule has 2 aromatic carbocycles. The second kappa shape index (κ2) is 7.43. The van der Waals surface area contributed by atoms with Crippen LogP contribution >= 0.6 is 0 Å². The summed E-state index contributed by atoms with van der Waals surface area (Å²) < 4.78 is 38.2. The minimum Gasteiger partial charge on any atom is -0.493 e. The van der Waals surface area contributed by atoms with Crippen molar-refractivity contribution in [3.05, 3.63) is 47.5 Å². The summed E-state index contributed by atoms with van der Waals surface area (Å²) in [6.45, 7) is 1.67. The first-order chi connectivity index (χ1) is 11.8. The SMILES string of the molecule is CNC(=O)c1ccc(NS(=O)(=O)c2cc(OC)c(OC)cc2C)cc1. The molecule has 8 heteroatoms. The molecule has 0 radical (unpaired) electrons. The molecule has 1 amide bonds. The molecule has 0 spiro atoms. The van der Waals surface area contributed by atoms with E-state index in [2.05, 4.69) is 10.0 Å². The van der Waals surface area contributed by atoms with Gasteiger partial charge in [0, 0.05) is 24.4 Å². The van der Waals surface area contributed by atoms with Gasteiger partial charge in [-0.25, -0.2) is 8.42 Å². The van der Waals surface area contributed by atoms with Gasteiger partial charge in [-0.3, -0.25) is 9.52 Å². The van der Waals surface area contributed by atoms with Crippen LogP contribution in [0.5, 0.6) is 11.5 Å². The van der Waals surface area contributed by atoms with Crippen LogP contribution in [0.2, 0.25) is 0 Å². The van der Waals surface area contributed by atoms with Crippen LogP contribution < -0.4 is 19.5 Å². The zero-order valence-electron chi connectivity index (χ0n) is 14.4. The average molecular weight is 364 g/mol. The molecule has 7 nitrogen and oxygen atoms in total. The van der Waals surface area contributed by atoms with Gasteiger partial charge < -0.3 is 14.8 Å². The summed E-state index contributed by atoms with van der Waals surface area (Å²) in [5.74, 6) is 0.530. The number of aryl methyl sites for hydroxylation is 1. The van der Waals surface area contributed by atoms with Crippen molar-refractivity contribution in [1.82, 2.24) is 5.32 Å². The van der Waals surface area contributed by atoms with Crippen molar-refractivity contribution in [2.45, 2.75) is 11.8 Å². The molecular formula is C17H20N2O5S. The number of carbonyl (C=O) groups excluding carboxylic acids is 1. The molecule has 0 aromatic heterocycles. The predicted octanol–water partition coefficient (Wildman–Crippen LogP) is 2.17. The third kappa shape index (κ3) is 4.03. The number of benzene rings is 2. The third-order valence-corrected chi connectivity index (χ3v) is 5.12. The molecule has 2 aromatic rings. The first-order valence-corrected chi connectivity index (χ1v) is 8.88. The average Bonchev–Trinajstić information content (AvgIpc) is 2.60. The van der Waals surface area contributed by atoms with Crippen molar-refractivity contribution in [3.8, 4) is 11.5 Å². The summed E-state index contributed by atoms with van der Waals surface area (Å²) in [6, 6.07) is 9.14. The molecule has 25 heavy (non-hydrogen) atoms. The molecule has 0 fully saturated rings. The van der Waals surface area contributed by atoms with E-state index in [0.717, 1.165) is 0 Å². The molecule has 0 heterocycles. The van der Waals surface area contributed by atoms with Crippen molar-refractivity contribution in [3.63, 3.8) is 0 Å². The number of hydrogen-bond donors (Lipinski definition) is 2. The maximum Gasteiger partial charge on any atom is 0.262 e. The van der Waals surface area contributed by atoms with E-state index in [1.165, 1.54) is 51.6 Å². The molecule has 0 atom stereocenters. The van der Waals surface area contributed by atoms with Crippen LogP contribution in [0.1, 0.15) is 15.9 Å². The largest absolute Gasteiger partial charge is 0.493 e. The molecule has 0 saturated carbocycles. The molecule has 0 bridgehead atoms. The number of rotatable bonds is 6. The van der Waals surface area contributed by atoms with Crippen molar-refractivity contribution >= 4 is 21.6 Å². The molecule has 0 aliphatic carbocycles. The van der Waals surface area contributed by atoms with Crippen LogP contribution in [0.3, 0.4) is 0 Å². The molecule has 0 aliphatic rings. The normalized spacial score (nSPS) is 10.9. The molecule has 2 rings (SSSR count). The third-order valence-electron chi connectivity index (χ3n) is 3.60. The number of nitrogens with one attached hydrogen (secondary N) is 2. The second-order valence-corrected chi connectivity index (χ2v) is 6.89. The van der Waals surface area contributed by atoms with Gasteiger partial charge in [0.05, 0.1) is 19.1 Å². The van der Waals surface area contributed by atoms with Gasteiger partial charge in [0.15, 0.2) is 11.5 Å². The van der Waals surface area contributed by atoms with Crippen LogP contribution in [0.15, 0.2) is 41.3 Å². The topological polar surface area (TPSA) is 93.7 Å². The van der Waals surface area contributed by atoms with Gasteiger partial charge in [0.25, 0.3) is 15.9 Å². The van der Waals surface area contributed by atoms with Crippen molar-refractivity contribution in [2.24, 2.45) is 0 Å². The Bertz CT molecular complexity index is 877. The Labute approximate surface area is 147 Å². The summed E-state index contributed by atoms with van der Waals surface area (Å²) in [5.41, 5.74) is 1.31. The maximum absolute atomic E-state index is 12.7. The maximum atomic E-state index is 12.7. The summed E-state index contributed by atoms with van der Waals surface area (Å²) in [6.07, 6.45) is 0. The standard InChI is InChI=1S/C17H20N2O5S/c1-11-9-14(23-3)15(24-4)10-16(11)25(21,22)19-13-7-5-12(6-8-13)17(20)18-2/h5-10,19H,1-4H3,(H,18,20). The summed E-state index contributed by atoms with van der Waals surface area (Å²) >= 11 is 0. The lowest BCUT2D eigenvalue weighted by atomic mass is 10.2. The second-order valence-electron chi connectivity index (χ2n) is 5.23. The Balaban J connectivity index is 2.35. The van der Waals surface area contributed by atoms with Gasteiger partial charge in [-0.15, -0.1) is 0 Å². The lowest BCUT2D eigenvalue weighted by Crippen LogP contribution is -2.18. The Kier molecular flexibility index (Phi) is 5.53. The summed E-state index contributed by atoms with van der Waals surface area (Å²) in [5, 5.41) is 2.50. The first kappa shape index (κ1) is 18.6. The molecular weight excluding hydrogens is 344 g/mol. The smallest absolute Gasteiger partial charge is 0.262 e. The zero-order valence-corrected chi connectivity index (χ0v) is 15.2. The van der Waals surface area contributed by atoms with E-state index >= 15 is 0 Å². The zero-order chi connectivity index (χ0) is 18.6.